The van der Waals surface area contributed by atoms with Crippen LogP contribution in [0.2, 0.25) is 5.02 Å². The summed E-state index contributed by atoms with van der Waals surface area (Å²) in [4.78, 5) is 12.1. The first-order valence-electron chi connectivity index (χ1n) is 6.09. The first-order chi connectivity index (χ1) is 8.56. The lowest BCUT2D eigenvalue weighted by molar-refractivity contribution is -0.120. The molecule has 3 N–H and O–H groups in total. The summed E-state index contributed by atoms with van der Waals surface area (Å²) in [5, 5.41) is 16.2. The van der Waals surface area contributed by atoms with E-state index in [0.717, 1.165) is 19.4 Å². The summed E-state index contributed by atoms with van der Waals surface area (Å²) in [7, 11) is 0. The standard InChI is InChI=1S/C13H17ClN2O2.ClH/c1-8-6-9(4-5-15-8)13(18)16-11-7-10(14)2-3-12(11)17;/h2-3,7-9,15,17H,4-6H2,1H3,(H,16,18);1H/t8-,9-;/m0./s1. The number of nitrogens with one attached hydrogen (secondary N) is 2. The fourth-order valence-corrected chi connectivity index (χ4v) is 2.39. The second-order valence-electron chi connectivity index (χ2n) is 4.73. The van der Waals surface area contributed by atoms with E-state index in [1.807, 2.05) is 0 Å². The van der Waals surface area contributed by atoms with Gasteiger partial charge in [-0.3, -0.25) is 4.79 Å². The van der Waals surface area contributed by atoms with Gasteiger partial charge in [-0.05, 0) is 44.5 Å². The number of rotatable bonds is 2. The van der Waals surface area contributed by atoms with E-state index >= 15 is 0 Å². The lowest BCUT2D eigenvalue weighted by Crippen LogP contribution is -2.40. The van der Waals surface area contributed by atoms with Crippen molar-refractivity contribution in [1.29, 1.82) is 0 Å². The van der Waals surface area contributed by atoms with Gasteiger partial charge in [-0.1, -0.05) is 11.6 Å². The molecule has 1 aromatic carbocycles. The van der Waals surface area contributed by atoms with Crippen LogP contribution in [0, 0.1) is 5.92 Å². The Morgan fingerprint density at radius 1 is 1.53 bits per heavy atom. The van der Waals surface area contributed by atoms with Crippen molar-refractivity contribution < 1.29 is 9.90 Å². The minimum Gasteiger partial charge on any atom is -0.506 e. The van der Waals surface area contributed by atoms with Crippen molar-refractivity contribution in [3.05, 3.63) is 23.2 Å². The number of aromatic hydroxyl groups is 1. The molecule has 1 aliphatic rings. The topological polar surface area (TPSA) is 61.4 Å². The summed E-state index contributed by atoms with van der Waals surface area (Å²) >= 11 is 5.84. The van der Waals surface area contributed by atoms with Crippen LogP contribution in [-0.2, 0) is 4.79 Å². The highest BCUT2D eigenvalue weighted by Gasteiger charge is 2.25. The molecule has 19 heavy (non-hydrogen) atoms. The van der Waals surface area contributed by atoms with Gasteiger partial charge >= 0.3 is 0 Å². The Balaban J connectivity index is 0.00000180. The van der Waals surface area contributed by atoms with E-state index in [1.54, 1.807) is 12.1 Å². The number of piperidine rings is 1. The average Bonchev–Trinajstić information content (AvgIpc) is 2.34. The molecule has 6 heteroatoms. The maximum atomic E-state index is 12.1. The maximum Gasteiger partial charge on any atom is 0.227 e. The summed E-state index contributed by atoms with van der Waals surface area (Å²) in [5.41, 5.74) is 0.374. The van der Waals surface area contributed by atoms with Crippen LogP contribution in [0.1, 0.15) is 19.8 Å². The molecular formula is C13H18Cl2N2O2. The molecule has 0 aliphatic carbocycles. The number of hydrogen-bond donors (Lipinski definition) is 3. The Labute approximate surface area is 123 Å². The van der Waals surface area contributed by atoms with Crippen LogP contribution in [0.4, 0.5) is 5.69 Å². The van der Waals surface area contributed by atoms with Crippen LogP contribution in [0.25, 0.3) is 0 Å². The number of hydrogen-bond acceptors (Lipinski definition) is 3. The molecule has 0 unspecified atom stereocenters. The zero-order valence-corrected chi connectivity index (χ0v) is 12.2. The van der Waals surface area contributed by atoms with Gasteiger partial charge in [0.1, 0.15) is 5.75 Å². The van der Waals surface area contributed by atoms with E-state index in [-0.39, 0.29) is 30.0 Å². The fraction of sp³-hybridized carbons (Fsp3) is 0.462. The highest BCUT2D eigenvalue weighted by molar-refractivity contribution is 6.31. The van der Waals surface area contributed by atoms with Crippen LogP contribution in [-0.4, -0.2) is 23.6 Å². The monoisotopic (exact) mass is 304 g/mol. The molecule has 1 saturated heterocycles. The van der Waals surface area contributed by atoms with E-state index in [1.165, 1.54) is 6.07 Å². The van der Waals surface area contributed by atoms with E-state index in [4.69, 9.17) is 11.6 Å². The molecule has 0 spiro atoms. The van der Waals surface area contributed by atoms with Gasteiger partial charge in [0, 0.05) is 17.0 Å². The quantitative estimate of drug-likeness (QED) is 0.736. The summed E-state index contributed by atoms with van der Waals surface area (Å²) in [6, 6.07) is 4.96. The Hall–Kier alpha value is -0.970. The molecule has 0 bridgehead atoms. The van der Waals surface area contributed by atoms with Crippen molar-refractivity contribution in [2.75, 3.05) is 11.9 Å². The first-order valence-corrected chi connectivity index (χ1v) is 6.47. The third-order valence-electron chi connectivity index (χ3n) is 3.21. The molecule has 1 aromatic rings. The smallest absolute Gasteiger partial charge is 0.227 e. The van der Waals surface area contributed by atoms with E-state index in [0.29, 0.717) is 16.8 Å². The van der Waals surface area contributed by atoms with Crippen LogP contribution in [0.3, 0.4) is 0 Å². The normalized spacial score (nSPS) is 22.4. The van der Waals surface area contributed by atoms with Crippen LogP contribution in [0.15, 0.2) is 18.2 Å². The van der Waals surface area contributed by atoms with Crippen LogP contribution in [0.5, 0.6) is 5.75 Å². The highest BCUT2D eigenvalue weighted by Crippen LogP contribution is 2.28. The van der Waals surface area contributed by atoms with E-state index < -0.39 is 0 Å². The number of phenols is 1. The fourth-order valence-electron chi connectivity index (χ4n) is 2.21. The van der Waals surface area contributed by atoms with Gasteiger partial charge in [-0.15, -0.1) is 12.4 Å². The minimum absolute atomic E-state index is 0. The molecule has 0 saturated carbocycles. The Kier molecular flexibility index (Phi) is 5.91. The molecule has 1 fully saturated rings. The van der Waals surface area contributed by atoms with Crippen molar-refractivity contribution in [2.45, 2.75) is 25.8 Å². The Morgan fingerprint density at radius 2 is 2.26 bits per heavy atom. The second kappa shape index (κ2) is 6.98. The summed E-state index contributed by atoms with van der Waals surface area (Å²) in [5.74, 6) is -0.0321. The molecule has 106 valence electrons. The van der Waals surface area contributed by atoms with Gasteiger partial charge in [0.25, 0.3) is 0 Å². The van der Waals surface area contributed by atoms with Crippen molar-refractivity contribution in [2.24, 2.45) is 5.92 Å². The average molecular weight is 305 g/mol. The van der Waals surface area contributed by atoms with Crippen molar-refractivity contribution in [3.63, 3.8) is 0 Å². The Bertz CT molecular complexity index is 454. The predicted octanol–water partition coefficient (Wildman–Crippen LogP) is 2.79. The van der Waals surface area contributed by atoms with Gasteiger partial charge < -0.3 is 15.7 Å². The number of carbonyl (C=O) groups excluding carboxylic acids is 1. The molecule has 1 heterocycles. The van der Waals surface area contributed by atoms with Crippen molar-refractivity contribution >= 4 is 35.6 Å². The zero-order valence-electron chi connectivity index (χ0n) is 10.6. The van der Waals surface area contributed by atoms with Gasteiger partial charge in [0.2, 0.25) is 5.91 Å². The Morgan fingerprint density at radius 3 is 2.95 bits per heavy atom. The molecule has 1 amide bonds. The van der Waals surface area contributed by atoms with E-state index in [2.05, 4.69) is 17.6 Å². The number of benzene rings is 1. The second-order valence-corrected chi connectivity index (χ2v) is 5.16. The van der Waals surface area contributed by atoms with Gasteiger partial charge in [0.15, 0.2) is 0 Å². The number of amides is 1. The van der Waals surface area contributed by atoms with Gasteiger partial charge in [-0.25, -0.2) is 0 Å². The first kappa shape index (κ1) is 16.1. The number of halogens is 2. The van der Waals surface area contributed by atoms with Crippen molar-refractivity contribution in [1.82, 2.24) is 5.32 Å². The number of anilines is 1. The molecule has 0 aromatic heterocycles. The zero-order chi connectivity index (χ0) is 13.1. The molecule has 4 nitrogen and oxygen atoms in total. The van der Waals surface area contributed by atoms with Crippen LogP contribution >= 0.6 is 24.0 Å². The molecule has 1 aliphatic heterocycles. The van der Waals surface area contributed by atoms with Gasteiger partial charge in [-0.2, -0.15) is 0 Å². The predicted molar refractivity (Wildman–Crippen MR) is 79.2 cm³/mol. The van der Waals surface area contributed by atoms with Gasteiger partial charge in [0.05, 0.1) is 5.69 Å². The minimum atomic E-state index is -0.0547. The molecule has 0 radical (unpaired) electrons. The third kappa shape index (κ3) is 4.27. The number of carbonyl (C=O) groups is 1. The summed E-state index contributed by atoms with van der Waals surface area (Å²) in [6.07, 6.45) is 1.63. The lowest BCUT2D eigenvalue weighted by atomic mass is 9.92. The summed E-state index contributed by atoms with van der Waals surface area (Å²) < 4.78 is 0. The molecular weight excluding hydrogens is 287 g/mol. The highest BCUT2D eigenvalue weighted by atomic mass is 35.5. The van der Waals surface area contributed by atoms with Crippen LogP contribution < -0.4 is 10.6 Å². The van der Waals surface area contributed by atoms with Crippen molar-refractivity contribution in [3.8, 4) is 5.75 Å². The molecule has 2 rings (SSSR count). The SMILES string of the molecule is C[C@H]1C[C@@H](C(=O)Nc2cc(Cl)ccc2O)CCN1.Cl. The lowest BCUT2D eigenvalue weighted by Gasteiger charge is -2.27. The maximum absolute atomic E-state index is 12.1. The largest absolute Gasteiger partial charge is 0.506 e. The summed E-state index contributed by atoms with van der Waals surface area (Å²) in [6.45, 7) is 2.91. The molecule has 2 atom stereocenters. The number of phenolic OH excluding ortho intramolecular Hbond substituents is 1. The van der Waals surface area contributed by atoms with E-state index in [9.17, 15) is 9.90 Å². The third-order valence-corrected chi connectivity index (χ3v) is 3.45.